The molecule has 0 radical (unpaired) electrons. The predicted octanol–water partition coefficient (Wildman–Crippen LogP) is 3.07. The number of piperidine rings is 1. The Labute approximate surface area is 177 Å². The minimum Gasteiger partial charge on any atom is -0.356 e. The summed E-state index contributed by atoms with van der Waals surface area (Å²) >= 11 is 0. The van der Waals surface area contributed by atoms with Gasteiger partial charge in [0.2, 0.25) is 0 Å². The molecule has 2 atom stereocenters. The van der Waals surface area contributed by atoms with Crippen molar-refractivity contribution in [3.63, 3.8) is 0 Å². The van der Waals surface area contributed by atoms with Crippen LogP contribution in [0.1, 0.15) is 37.3 Å². The third-order valence-corrected chi connectivity index (χ3v) is 6.81. The van der Waals surface area contributed by atoms with Crippen LogP contribution in [0.2, 0.25) is 0 Å². The molecule has 6 rings (SSSR count). The van der Waals surface area contributed by atoms with Gasteiger partial charge in [-0.05, 0) is 36.6 Å². The van der Waals surface area contributed by atoms with Crippen LogP contribution in [0.4, 0.5) is 14.6 Å². The summed E-state index contributed by atoms with van der Waals surface area (Å²) in [4.78, 5) is 21.5. The van der Waals surface area contributed by atoms with Crippen LogP contribution in [0.25, 0.3) is 5.65 Å². The number of amides is 1. The van der Waals surface area contributed by atoms with Gasteiger partial charge in [-0.25, -0.2) is 13.8 Å². The zero-order valence-corrected chi connectivity index (χ0v) is 16.7. The molecule has 1 amide bonds. The molecule has 3 aliphatic heterocycles. The largest absolute Gasteiger partial charge is 0.356 e. The van der Waals surface area contributed by atoms with Gasteiger partial charge in [0.1, 0.15) is 17.9 Å². The highest BCUT2D eigenvalue weighted by Crippen LogP contribution is 2.47. The minimum atomic E-state index is -0.832. The molecule has 9 heteroatoms. The van der Waals surface area contributed by atoms with E-state index in [4.69, 9.17) is 4.74 Å². The third kappa shape index (κ3) is 2.76. The van der Waals surface area contributed by atoms with Gasteiger partial charge in [0, 0.05) is 32.1 Å². The number of ether oxygens (including phenoxy) is 1. The molecule has 5 heterocycles. The topological polar surface area (TPSA) is 63.0 Å². The summed E-state index contributed by atoms with van der Waals surface area (Å²) in [5.41, 5.74) is 0.297. The number of rotatable bonds is 2. The van der Waals surface area contributed by atoms with Crippen LogP contribution in [0.15, 0.2) is 42.7 Å². The zero-order valence-electron chi connectivity index (χ0n) is 16.7. The van der Waals surface area contributed by atoms with Gasteiger partial charge in [-0.3, -0.25) is 4.79 Å². The minimum absolute atomic E-state index is 0.0222. The van der Waals surface area contributed by atoms with Gasteiger partial charge in [0.25, 0.3) is 5.91 Å². The van der Waals surface area contributed by atoms with E-state index in [1.165, 1.54) is 16.6 Å². The molecular weight excluding hydrogens is 404 g/mol. The average molecular weight is 425 g/mol. The maximum absolute atomic E-state index is 13.9. The normalized spacial score (nSPS) is 25.0. The molecule has 3 saturated heterocycles. The number of hydrogen-bond acceptors (Lipinski definition) is 5. The van der Waals surface area contributed by atoms with Gasteiger partial charge >= 0.3 is 0 Å². The Balaban J connectivity index is 1.23. The first-order valence-electron chi connectivity index (χ1n) is 10.5. The molecule has 0 aliphatic carbocycles. The Morgan fingerprint density at radius 1 is 1.06 bits per heavy atom. The summed E-state index contributed by atoms with van der Waals surface area (Å²) in [6, 6.07) is 8.10. The maximum Gasteiger partial charge on any atom is 0.257 e. The average Bonchev–Trinajstić information content (AvgIpc) is 3.44. The van der Waals surface area contributed by atoms with E-state index >= 15 is 0 Å². The van der Waals surface area contributed by atoms with E-state index in [-0.39, 0.29) is 29.6 Å². The first-order valence-corrected chi connectivity index (χ1v) is 10.5. The summed E-state index contributed by atoms with van der Waals surface area (Å²) in [5.74, 6) is 0.0263. The highest BCUT2D eigenvalue weighted by molar-refractivity contribution is 5.88. The smallest absolute Gasteiger partial charge is 0.257 e. The van der Waals surface area contributed by atoms with Crippen molar-refractivity contribution in [1.82, 2.24) is 19.5 Å². The number of fused-ring (bicyclic) bond motifs is 2. The van der Waals surface area contributed by atoms with Gasteiger partial charge in [0.05, 0.1) is 12.2 Å². The molecule has 0 N–H and O–H groups in total. The number of halogens is 2. The van der Waals surface area contributed by atoms with Crippen molar-refractivity contribution in [3.8, 4) is 0 Å². The first-order chi connectivity index (χ1) is 15.1. The monoisotopic (exact) mass is 425 g/mol. The van der Waals surface area contributed by atoms with Gasteiger partial charge in [-0.2, -0.15) is 9.61 Å². The van der Waals surface area contributed by atoms with E-state index in [0.717, 1.165) is 30.4 Å². The Kier molecular flexibility index (Phi) is 4.05. The molecule has 3 fully saturated rings. The third-order valence-electron chi connectivity index (χ3n) is 6.81. The number of nitrogens with zero attached hydrogens (tertiary/aromatic N) is 5. The van der Waals surface area contributed by atoms with Crippen molar-refractivity contribution < 1.29 is 18.3 Å². The molecule has 0 bridgehead atoms. The summed E-state index contributed by atoms with van der Waals surface area (Å²) < 4.78 is 35.1. The molecule has 2 aromatic heterocycles. The molecule has 31 heavy (non-hydrogen) atoms. The van der Waals surface area contributed by atoms with Gasteiger partial charge in [-0.15, -0.1) is 0 Å². The summed E-state index contributed by atoms with van der Waals surface area (Å²) in [6.45, 7) is 1.18. The summed E-state index contributed by atoms with van der Waals surface area (Å²) in [7, 11) is 0. The van der Waals surface area contributed by atoms with Crippen LogP contribution in [0, 0.1) is 11.6 Å². The lowest BCUT2D eigenvalue weighted by atomic mass is 9.89. The molecule has 1 aromatic carbocycles. The van der Waals surface area contributed by atoms with E-state index in [1.54, 1.807) is 24.4 Å². The van der Waals surface area contributed by atoms with Crippen LogP contribution < -0.4 is 4.90 Å². The zero-order chi connectivity index (χ0) is 21.2. The van der Waals surface area contributed by atoms with Crippen molar-refractivity contribution in [2.75, 3.05) is 18.0 Å². The van der Waals surface area contributed by atoms with Crippen molar-refractivity contribution in [2.45, 2.75) is 43.6 Å². The fourth-order valence-corrected chi connectivity index (χ4v) is 5.24. The van der Waals surface area contributed by atoms with E-state index < -0.39 is 11.4 Å². The molecular formula is C22H21F2N5O2. The lowest BCUT2D eigenvalue weighted by Crippen LogP contribution is -2.50. The highest BCUT2D eigenvalue weighted by atomic mass is 19.1. The first kappa shape index (κ1) is 18.7. The number of carbonyl (C=O) groups excluding carboxylic acids is 1. The number of aromatic nitrogens is 3. The van der Waals surface area contributed by atoms with E-state index in [1.807, 2.05) is 4.90 Å². The SMILES string of the molecule is O=C1N2[C@@H](CC[C@H]2c2ccc(F)cc2)OC12CCN(c1ccnc3c(F)cnn13)CC2. The Morgan fingerprint density at radius 3 is 2.61 bits per heavy atom. The van der Waals surface area contributed by atoms with Crippen molar-refractivity contribution in [1.29, 1.82) is 0 Å². The van der Waals surface area contributed by atoms with Gasteiger partial charge < -0.3 is 14.5 Å². The van der Waals surface area contributed by atoms with Crippen LogP contribution in [0.3, 0.4) is 0 Å². The Morgan fingerprint density at radius 2 is 1.84 bits per heavy atom. The summed E-state index contributed by atoms with van der Waals surface area (Å²) in [6.07, 6.45) is 5.17. The molecule has 160 valence electrons. The predicted molar refractivity (Wildman–Crippen MR) is 107 cm³/mol. The molecule has 7 nitrogen and oxygen atoms in total. The number of hydrogen-bond donors (Lipinski definition) is 0. The second-order valence-electron chi connectivity index (χ2n) is 8.44. The number of carbonyl (C=O) groups is 1. The highest BCUT2D eigenvalue weighted by Gasteiger charge is 2.58. The number of anilines is 1. The number of benzene rings is 1. The lowest BCUT2D eigenvalue weighted by molar-refractivity contribution is -0.140. The van der Waals surface area contributed by atoms with Crippen LogP contribution >= 0.6 is 0 Å². The fraction of sp³-hybridized carbons (Fsp3) is 0.409. The molecule has 1 spiro atoms. The maximum atomic E-state index is 13.9. The van der Waals surface area contributed by atoms with Crippen molar-refractivity contribution in [3.05, 3.63) is 59.9 Å². The molecule has 3 aromatic rings. The molecule has 0 saturated carbocycles. The van der Waals surface area contributed by atoms with Crippen molar-refractivity contribution in [2.24, 2.45) is 0 Å². The van der Waals surface area contributed by atoms with E-state index in [9.17, 15) is 13.6 Å². The fourth-order valence-electron chi connectivity index (χ4n) is 5.24. The lowest BCUT2D eigenvalue weighted by Gasteiger charge is -2.38. The van der Waals surface area contributed by atoms with Gasteiger partial charge in [0.15, 0.2) is 17.1 Å². The van der Waals surface area contributed by atoms with E-state index in [2.05, 4.69) is 15.0 Å². The Bertz CT molecular complexity index is 1160. The van der Waals surface area contributed by atoms with Crippen molar-refractivity contribution >= 4 is 17.4 Å². The van der Waals surface area contributed by atoms with Gasteiger partial charge in [-0.1, -0.05) is 12.1 Å². The van der Waals surface area contributed by atoms with Crippen LogP contribution in [0.5, 0.6) is 0 Å². The van der Waals surface area contributed by atoms with Crippen LogP contribution in [-0.2, 0) is 9.53 Å². The molecule has 0 unspecified atom stereocenters. The van der Waals surface area contributed by atoms with Crippen LogP contribution in [-0.4, -0.2) is 50.3 Å². The summed E-state index contributed by atoms with van der Waals surface area (Å²) in [5, 5.41) is 4.10. The Hall–Kier alpha value is -3.07. The standard InChI is InChI=1S/C22H21F2N5O2/c23-15-3-1-14(2-4-15)17-5-6-19-28(17)21(30)22(31-19)8-11-27(12-9-22)18-7-10-25-20-16(24)13-26-29(18)20/h1-4,7,10,13,17,19H,5-6,8-9,11-12H2/t17-,19+/m0/s1. The molecule has 3 aliphatic rings. The quantitative estimate of drug-likeness (QED) is 0.632. The van der Waals surface area contributed by atoms with E-state index in [0.29, 0.717) is 25.9 Å². The second-order valence-corrected chi connectivity index (χ2v) is 8.44. The second kappa shape index (κ2) is 6.71.